The first kappa shape index (κ1) is 11.1. The average molecular weight is 270 g/mol. The summed E-state index contributed by atoms with van der Waals surface area (Å²) >= 11 is 11.8. The van der Waals surface area contributed by atoms with Crippen LogP contribution in [0.25, 0.3) is 0 Å². The number of rotatable bonds is 0. The third-order valence-electron chi connectivity index (χ3n) is 3.26. The molecule has 2 heterocycles. The summed E-state index contributed by atoms with van der Waals surface area (Å²) in [5, 5.41) is 0. The van der Waals surface area contributed by atoms with Crippen LogP contribution in [0.1, 0.15) is 22.3 Å². The number of anilines is 1. The number of carbonyl (C=O) groups excluding carboxylic acids is 2. The summed E-state index contributed by atoms with van der Waals surface area (Å²) in [5.74, 6) is -1.04. The number of Topliss-reactive ketones (excluding diaryl/α,β-unsaturated/α-hetero) is 1. The summed E-state index contributed by atoms with van der Waals surface area (Å²) < 4.78 is -1.97. The van der Waals surface area contributed by atoms with Crippen LogP contribution in [0.4, 0.5) is 5.69 Å². The van der Waals surface area contributed by atoms with Crippen LogP contribution in [0.5, 0.6) is 0 Å². The van der Waals surface area contributed by atoms with E-state index < -0.39 is 16.0 Å². The van der Waals surface area contributed by atoms with Gasteiger partial charge in [0, 0.05) is 12.1 Å². The lowest BCUT2D eigenvalue weighted by atomic mass is 9.90. The van der Waals surface area contributed by atoms with Gasteiger partial charge in [-0.3, -0.25) is 9.59 Å². The van der Waals surface area contributed by atoms with Crippen molar-refractivity contribution >= 4 is 40.6 Å². The number of para-hydroxylation sites is 1. The number of benzene rings is 1. The molecule has 1 aromatic carbocycles. The van der Waals surface area contributed by atoms with Crippen LogP contribution in [-0.4, -0.2) is 22.6 Å². The van der Waals surface area contributed by atoms with E-state index in [2.05, 4.69) is 0 Å². The van der Waals surface area contributed by atoms with Gasteiger partial charge < -0.3 is 4.90 Å². The summed E-state index contributed by atoms with van der Waals surface area (Å²) in [6.07, 6.45) is 1.73. The molecule has 2 aliphatic heterocycles. The van der Waals surface area contributed by atoms with Crippen molar-refractivity contribution in [3.05, 3.63) is 29.3 Å². The molecule has 1 aromatic rings. The Bertz CT molecular complexity index is 539. The minimum atomic E-state index is -1.97. The van der Waals surface area contributed by atoms with E-state index in [4.69, 9.17) is 23.2 Å². The normalized spacial score (nSPS) is 21.4. The lowest BCUT2D eigenvalue weighted by molar-refractivity contribution is -0.118. The Labute approximate surface area is 108 Å². The minimum Gasteiger partial charge on any atom is -0.308 e. The summed E-state index contributed by atoms with van der Waals surface area (Å²) in [7, 11) is 0. The van der Waals surface area contributed by atoms with Crippen molar-refractivity contribution in [1.82, 2.24) is 0 Å². The van der Waals surface area contributed by atoms with Gasteiger partial charge in [-0.25, -0.2) is 0 Å². The number of nitrogens with zero attached hydrogens (tertiary/aromatic N) is 1. The molecule has 0 radical (unpaired) electrons. The third kappa shape index (κ3) is 1.36. The average Bonchev–Trinajstić information content (AvgIpc) is 2.34. The molecule has 88 valence electrons. The van der Waals surface area contributed by atoms with Crippen LogP contribution in [0, 0.1) is 0 Å². The van der Waals surface area contributed by atoms with Gasteiger partial charge in [-0.05, 0) is 24.5 Å². The van der Waals surface area contributed by atoms with Crippen LogP contribution in [-0.2, 0) is 11.2 Å². The highest BCUT2D eigenvalue weighted by Gasteiger charge is 2.51. The van der Waals surface area contributed by atoms with Crippen LogP contribution in [0.15, 0.2) is 18.2 Å². The number of hydrogen-bond acceptors (Lipinski definition) is 2. The monoisotopic (exact) mass is 269 g/mol. The van der Waals surface area contributed by atoms with Gasteiger partial charge in [0.15, 0.2) is 0 Å². The highest BCUT2D eigenvalue weighted by molar-refractivity contribution is 6.71. The maximum Gasteiger partial charge on any atom is 0.271 e. The second kappa shape index (κ2) is 3.47. The molecule has 0 spiro atoms. The summed E-state index contributed by atoms with van der Waals surface area (Å²) in [6.45, 7) is 0.567. The minimum absolute atomic E-state index is 0.451. The van der Waals surface area contributed by atoms with E-state index in [-0.39, 0.29) is 0 Å². The van der Waals surface area contributed by atoms with Gasteiger partial charge >= 0.3 is 0 Å². The fraction of sp³-hybridized carbons (Fsp3) is 0.333. The number of amides is 1. The van der Waals surface area contributed by atoms with Gasteiger partial charge in [-0.15, -0.1) is 0 Å². The molecule has 0 bridgehead atoms. The largest absolute Gasteiger partial charge is 0.308 e. The Morgan fingerprint density at radius 2 is 2.00 bits per heavy atom. The zero-order valence-electron chi connectivity index (χ0n) is 8.87. The maximum atomic E-state index is 12.1. The second-order valence-corrected chi connectivity index (χ2v) is 5.60. The van der Waals surface area contributed by atoms with Crippen LogP contribution in [0.2, 0.25) is 0 Å². The Hall–Kier alpha value is -1.06. The van der Waals surface area contributed by atoms with E-state index in [1.165, 1.54) is 4.90 Å². The standard InChI is InChI=1S/C12H9Cl2NO2/c13-12(14)10(16)8-5-1-3-7-4-2-6-15(9(7)8)11(12)17/h1,3,5H,2,4,6H2. The first-order valence-corrected chi connectivity index (χ1v) is 6.15. The zero-order chi connectivity index (χ0) is 12.2. The number of ketones is 1. The molecule has 1 amide bonds. The summed E-state index contributed by atoms with van der Waals surface area (Å²) in [5.41, 5.74) is 2.16. The van der Waals surface area contributed by atoms with Crippen molar-refractivity contribution in [3.8, 4) is 0 Å². The SMILES string of the molecule is O=C1c2cccc3c2N(CCC3)C(=O)C1(Cl)Cl. The van der Waals surface area contributed by atoms with Gasteiger partial charge in [0.25, 0.3) is 10.2 Å². The van der Waals surface area contributed by atoms with Crippen LogP contribution in [0.3, 0.4) is 0 Å². The molecule has 17 heavy (non-hydrogen) atoms. The van der Waals surface area contributed by atoms with Crippen molar-refractivity contribution in [2.45, 2.75) is 17.2 Å². The molecule has 2 aliphatic rings. The second-order valence-electron chi connectivity index (χ2n) is 4.28. The van der Waals surface area contributed by atoms with E-state index in [1.807, 2.05) is 6.07 Å². The molecule has 0 N–H and O–H groups in total. The first-order chi connectivity index (χ1) is 8.03. The van der Waals surface area contributed by atoms with Crippen LogP contribution < -0.4 is 4.90 Å². The summed E-state index contributed by atoms with van der Waals surface area (Å²) in [4.78, 5) is 25.7. The molecule has 0 unspecified atom stereocenters. The molecular weight excluding hydrogens is 261 g/mol. The van der Waals surface area contributed by atoms with Crippen molar-refractivity contribution in [1.29, 1.82) is 0 Å². The molecule has 0 aromatic heterocycles. The highest BCUT2D eigenvalue weighted by Crippen LogP contribution is 2.42. The fourth-order valence-electron chi connectivity index (χ4n) is 2.47. The van der Waals surface area contributed by atoms with E-state index in [0.29, 0.717) is 17.8 Å². The number of aryl methyl sites for hydroxylation is 1. The van der Waals surface area contributed by atoms with Crippen LogP contribution >= 0.6 is 23.2 Å². The number of hydrogen-bond donors (Lipinski definition) is 0. The molecule has 0 saturated heterocycles. The lowest BCUT2D eigenvalue weighted by Gasteiger charge is -2.38. The van der Waals surface area contributed by atoms with E-state index in [1.54, 1.807) is 12.1 Å². The van der Waals surface area contributed by atoms with Crippen molar-refractivity contribution < 1.29 is 9.59 Å². The van der Waals surface area contributed by atoms with Gasteiger partial charge in [0.2, 0.25) is 5.78 Å². The smallest absolute Gasteiger partial charge is 0.271 e. The molecular formula is C12H9Cl2NO2. The quantitative estimate of drug-likeness (QED) is 0.536. The summed E-state index contributed by atoms with van der Waals surface area (Å²) in [6, 6.07) is 5.40. The molecule has 0 atom stereocenters. The maximum absolute atomic E-state index is 12.1. The van der Waals surface area contributed by atoms with E-state index in [0.717, 1.165) is 18.4 Å². The van der Waals surface area contributed by atoms with Gasteiger partial charge in [-0.1, -0.05) is 35.3 Å². The number of alkyl halides is 2. The predicted molar refractivity (Wildman–Crippen MR) is 65.9 cm³/mol. The first-order valence-electron chi connectivity index (χ1n) is 5.40. The zero-order valence-corrected chi connectivity index (χ0v) is 10.4. The molecule has 0 saturated carbocycles. The van der Waals surface area contributed by atoms with E-state index >= 15 is 0 Å². The predicted octanol–water partition coefficient (Wildman–Crippen LogP) is 2.34. The van der Waals surface area contributed by atoms with Crippen molar-refractivity contribution in [2.24, 2.45) is 0 Å². The topological polar surface area (TPSA) is 37.4 Å². The van der Waals surface area contributed by atoms with Gasteiger partial charge in [0.05, 0.1) is 5.69 Å². The van der Waals surface area contributed by atoms with Gasteiger partial charge in [0.1, 0.15) is 0 Å². The molecule has 0 fully saturated rings. The molecule has 0 aliphatic carbocycles. The number of carbonyl (C=O) groups is 2. The van der Waals surface area contributed by atoms with Crippen molar-refractivity contribution in [3.63, 3.8) is 0 Å². The van der Waals surface area contributed by atoms with Gasteiger partial charge in [-0.2, -0.15) is 0 Å². The Morgan fingerprint density at radius 3 is 2.76 bits per heavy atom. The number of halogens is 2. The Morgan fingerprint density at radius 1 is 1.24 bits per heavy atom. The van der Waals surface area contributed by atoms with E-state index in [9.17, 15) is 9.59 Å². The molecule has 3 rings (SSSR count). The lowest BCUT2D eigenvalue weighted by Crippen LogP contribution is -2.53. The molecule has 5 heteroatoms. The highest BCUT2D eigenvalue weighted by atomic mass is 35.5. The molecule has 3 nitrogen and oxygen atoms in total. The Kier molecular flexibility index (Phi) is 2.25. The van der Waals surface area contributed by atoms with Crippen molar-refractivity contribution in [2.75, 3.05) is 11.4 Å². The third-order valence-corrected chi connectivity index (χ3v) is 3.93. The fourth-order valence-corrected chi connectivity index (χ4v) is 2.88. The Balaban J connectivity index is 2.31.